The van der Waals surface area contributed by atoms with Gasteiger partial charge in [-0.2, -0.15) is 0 Å². The second-order valence-electron chi connectivity index (χ2n) is 2.94. The van der Waals surface area contributed by atoms with Crippen LogP contribution in [-0.2, 0) is 6.42 Å². The van der Waals surface area contributed by atoms with Gasteiger partial charge in [0.05, 0.1) is 5.69 Å². The Kier molecular flexibility index (Phi) is 1.88. The highest BCUT2D eigenvalue weighted by atomic mass is 15.0. The minimum absolute atomic E-state index is 0.852. The highest BCUT2D eigenvalue weighted by Gasteiger charge is 2.08. The van der Waals surface area contributed by atoms with Crippen molar-refractivity contribution in [2.45, 2.75) is 20.3 Å². The van der Waals surface area contributed by atoms with Crippen LogP contribution < -0.4 is 0 Å². The average molecular weight is 176 g/mol. The first-order valence-corrected chi connectivity index (χ1v) is 4.36. The number of rotatable bonds is 2. The Balaban J connectivity index is 2.46. The summed E-state index contributed by atoms with van der Waals surface area (Å²) in [6.45, 7) is 4.05. The predicted octanol–water partition coefficient (Wildman–Crippen LogP) is 1.67. The van der Waals surface area contributed by atoms with Crippen LogP contribution in [0, 0.1) is 6.92 Å². The molecule has 2 N–H and O–H groups in total. The fourth-order valence-corrected chi connectivity index (χ4v) is 1.32. The first-order chi connectivity index (χ1) is 6.31. The smallest absolute Gasteiger partial charge is 0.155 e. The van der Waals surface area contributed by atoms with Crippen molar-refractivity contribution in [2.24, 2.45) is 0 Å². The van der Waals surface area contributed by atoms with Crippen LogP contribution in [0.25, 0.3) is 11.5 Å². The number of imidazole rings is 2. The van der Waals surface area contributed by atoms with Crippen molar-refractivity contribution in [3.8, 4) is 11.5 Å². The monoisotopic (exact) mass is 176 g/mol. The molecule has 68 valence electrons. The van der Waals surface area contributed by atoms with E-state index in [4.69, 9.17) is 0 Å². The minimum atomic E-state index is 0.852. The van der Waals surface area contributed by atoms with Gasteiger partial charge in [-0.1, -0.05) is 6.92 Å². The topological polar surface area (TPSA) is 57.4 Å². The molecule has 0 saturated heterocycles. The molecule has 0 amide bonds. The van der Waals surface area contributed by atoms with Gasteiger partial charge in [0.15, 0.2) is 5.82 Å². The summed E-state index contributed by atoms with van der Waals surface area (Å²) in [6, 6.07) is 0. The molecule has 0 atom stereocenters. The number of nitrogens with one attached hydrogen (secondary N) is 2. The SMILES string of the molecule is CCc1nc(C)c(-c2ncc[nH]2)[nH]1. The third kappa shape index (κ3) is 1.35. The Bertz CT molecular complexity index is 386. The van der Waals surface area contributed by atoms with Gasteiger partial charge >= 0.3 is 0 Å². The second-order valence-corrected chi connectivity index (χ2v) is 2.94. The Morgan fingerprint density at radius 2 is 2.31 bits per heavy atom. The molecule has 4 heteroatoms. The third-order valence-electron chi connectivity index (χ3n) is 2.00. The molecule has 4 nitrogen and oxygen atoms in total. The first-order valence-electron chi connectivity index (χ1n) is 4.36. The average Bonchev–Trinajstić information content (AvgIpc) is 2.72. The number of hydrogen-bond donors (Lipinski definition) is 2. The van der Waals surface area contributed by atoms with E-state index in [1.807, 2.05) is 6.92 Å². The molecule has 0 unspecified atom stereocenters. The largest absolute Gasteiger partial charge is 0.343 e. The highest BCUT2D eigenvalue weighted by molar-refractivity contribution is 5.52. The zero-order chi connectivity index (χ0) is 9.26. The summed E-state index contributed by atoms with van der Waals surface area (Å²) < 4.78 is 0. The van der Waals surface area contributed by atoms with Crippen LogP contribution in [0.5, 0.6) is 0 Å². The van der Waals surface area contributed by atoms with Crippen LogP contribution in [0.3, 0.4) is 0 Å². The fourth-order valence-electron chi connectivity index (χ4n) is 1.32. The van der Waals surface area contributed by atoms with Crippen LogP contribution in [0.1, 0.15) is 18.4 Å². The molecule has 2 rings (SSSR count). The van der Waals surface area contributed by atoms with E-state index in [2.05, 4.69) is 26.9 Å². The lowest BCUT2D eigenvalue weighted by Gasteiger charge is -1.91. The maximum atomic E-state index is 4.37. The van der Waals surface area contributed by atoms with Gasteiger partial charge in [-0.05, 0) is 6.92 Å². The van der Waals surface area contributed by atoms with Crippen molar-refractivity contribution < 1.29 is 0 Å². The van der Waals surface area contributed by atoms with Crippen LogP contribution in [-0.4, -0.2) is 19.9 Å². The summed E-state index contributed by atoms with van der Waals surface area (Å²) in [6.07, 6.45) is 4.46. The normalized spacial score (nSPS) is 10.6. The van der Waals surface area contributed by atoms with Crippen LogP contribution in [0.15, 0.2) is 12.4 Å². The Morgan fingerprint density at radius 1 is 1.46 bits per heavy atom. The van der Waals surface area contributed by atoms with Crippen molar-refractivity contribution in [1.82, 2.24) is 19.9 Å². The second kappa shape index (κ2) is 3.05. The van der Waals surface area contributed by atoms with Gasteiger partial charge in [0.25, 0.3) is 0 Å². The number of aromatic amines is 2. The zero-order valence-electron chi connectivity index (χ0n) is 7.76. The molecule has 2 aromatic heterocycles. The van der Waals surface area contributed by atoms with Crippen molar-refractivity contribution in [3.63, 3.8) is 0 Å². The molecule has 0 aliphatic heterocycles. The number of aromatic nitrogens is 4. The van der Waals surface area contributed by atoms with E-state index in [1.54, 1.807) is 12.4 Å². The summed E-state index contributed by atoms with van der Waals surface area (Å²) in [4.78, 5) is 14.8. The molecule has 0 aliphatic rings. The zero-order valence-corrected chi connectivity index (χ0v) is 7.76. The standard InChI is InChI=1S/C9H12N4/c1-3-7-12-6(2)8(13-7)9-10-4-5-11-9/h4-5H,3H2,1-2H3,(H,10,11)(H,12,13). The van der Waals surface area contributed by atoms with Gasteiger partial charge in [-0.3, -0.25) is 0 Å². The van der Waals surface area contributed by atoms with Crippen LogP contribution >= 0.6 is 0 Å². The van der Waals surface area contributed by atoms with E-state index in [-0.39, 0.29) is 0 Å². The van der Waals surface area contributed by atoms with Gasteiger partial charge in [0, 0.05) is 18.8 Å². The number of nitrogens with zero attached hydrogens (tertiary/aromatic N) is 2. The molecule has 0 fully saturated rings. The van der Waals surface area contributed by atoms with Gasteiger partial charge in [0.2, 0.25) is 0 Å². The lowest BCUT2D eigenvalue weighted by atomic mass is 10.3. The van der Waals surface area contributed by atoms with Crippen molar-refractivity contribution in [3.05, 3.63) is 23.9 Å². The molecule has 0 radical (unpaired) electrons. The summed E-state index contributed by atoms with van der Waals surface area (Å²) in [5.41, 5.74) is 1.98. The maximum absolute atomic E-state index is 4.37. The number of H-pyrrole nitrogens is 2. The van der Waals surface area contributed by atoms with E-state index in [0.717, 1.165) is 29.5 Å². The summed E-state index contributed by atoms with van der Waals surface area (Å²) in [5, 5.41) is 0. The highest BCUT2D eigenvalue weighted by Crippen LogP contribution is 2.16. The van der Waals surface area contributed by atoms with Crippen LogP contribution in [0.4, 0.5) is 0 Å². The lowest BCUT2D eigenvalue weighted by molar-refractivity contribution is 0.981. The Hall–Kier alpha value is -1.58. The van der Waals surface area contributed by atoms with Crippen molar-refractivity contribution in [2.75, 3.05) is 0 Å². The Morgan fingerprint density at radius 3 is 2.85 bits per heavy atom. The Labute approximate surface area is 76.4 Å². The molecular formula is C9H12N4. The lowest BCUT2D eigenvalue weighted by Crippen LogP contribution is -1.83. The van der Waals surface area contributed by atoms with Crippen molar-refractivity contribution >= 4 is 0 Å². The molecule has 0 aliphatic carbocycles. The fraction of sp³-hybridized carbons (Fsp3) is 0.333. The van der Waals surface area contributed by atoms with E-state index in [9.17, 15) is 0 Å². The van der Waals surface area contributed by atoms with Gasteiger partial charge < -0.3 is 9.97 Å². The van der Waals surface area contributed by atoms with Gasteiger partial charge in [-0.25, -0.2) is 9.97 Å². The maximum Gasteiger partial charge on any atom is 0.155 e. The number of aryl methyl sites for hydroxylation is 2. The number of hydrogen-bond acceptors (Lipinski definition) is 2. The summed E-state index contributed by atoms with van der Waals surface area (Å²) >= 11 is 0. The van der Waals surface area contributed by atoms with Crippen molar-refractivity contribution in [1.29, 1.82) is 0 Å². The third-order valence-corrected chi connectivity index (χ3v) is 2.00. The summed E-state index contributed by atoms with van der Waals surface area (Å²) in [7, 11) is 0. The molecule has 0 saturated carbocycles. The summed E-state index contributed by atoms with van der Waals surface area (Å²) in [5.74, 6) is 1.86. The van der Waals surface area contributed by atoms with E-state index in [1.165, 1.54) is 0 Å². The predicted molar refractivity (Wildman–Crippen MR) is 50.3 cm³/mol. The van der Waals surface area contributed by atoms with Gasteiger partial charge in [0.1, 0.15) is 11.5 Å². The van der Waals surface area contributed by atoms with E-state index in [0.29, 0.717) is 0 Å². The molecule has 0 aromatic carbocycles. The molecular weight excluding hydrogens is 164 g/mol. The minimum Gasteiger partial charge on any atom is -0.343 e. The molecule has 0 bridgehead atoms. The molecule has 2 heterocycles. The first kappa shape index (κ1) is 8.04. The van der Waals surface area contributed by atoms with E-state index >= 15 is 0 Å². The molecule has 0 spiro atoms. The molecule has 13 heavy (non-hydrogen) atoms. The quantitative estimate of drug-likeness (QED) is 0.731. The van der Waals surface area contributed by atoms with Crippen LogP contribution in [0.2, 0.25) is 0 Å². The molecule has 2 aromatic rings. The van der Waals surface area contributed by atoms with Gasteiger partial charge in [-0.15, -0.1) is 0 Å². The van der Waals surface area contributed by atoms with E-state index < -0.39 is 0 Å².